The van der Waals surface area contributed by atoms with Gasteiger partial charge in [-0.15, -0.1) is 11.8 Å². The third kappa shape index (κ3) is 2.37. The molecule has 0 bridgehead atoms. The Bertz CT molecular complexity index is 699. The summed E-state index contributed by atoms with van der Waals surface area (Å²) in [5.74, 6) is -2.15. The van der Waals surface area contributed by atoms with E-state index in [0.29, 0.717) is 0 Å². The number of aliphatic carboxylic acids is 1. The molecule has 1 N–H and O–H groups in total. The lowest BCUT2D eigenvalue weighted by Crippen LogP contribution is -2.41. The van der Waals surface area contributed by atoms with Gasteiger partial charge in [0.2, 0.25) is 10.0 Å². The van der Waals surface area contributed by atoms with Crippen molar-refractivity contribution in [1.29, 1.82) is 5.26 Å². The molecule has 6 nitrogen and oxygen atoms in total. The van der Waals surface area contributed by atoms with Crippen LogP contribution in [0.1, 0.15) is 5.56 Å². The van der Waals surface area contributed by atoms with Gasteiger partial charge in [0.1, 0.15) is 28.4 Å². The van der Waals surface area contributed by atoms with Crippen molar-refractivity contribution < 1.29 is 22.7 Å². The second kappa shape index (κ2) is 5.40. The lowest BCUT2D eigenvalue weighted by atomic mass is 10.2. The van der Waals surface area contributed by atoms with Crippen LogP contribution in [0.4, 0.5) is 4.39 Å². The number of nitrogens with zero attached hydrogens (tertiary/aromatic N) is 2. The highest BCUT2D eigenvalue weighted by molar-refractivity contribution is 8.00. The molecule has 0 saturated carbocycles. The first-order chi connectivity index (χ1) is 9.39. The molecule has 1 heterocycles. The molecule has 9 heteroatoms. The van der Waals surface area contributed by atoms with Gasteiger partial charge in [-0.3, -0.25) is 4.79 Å². The fraction of sp³-hybridized carbons (Fsp3) is 0.273. The van der Waals surface area contributed by atoms with E-state index in [0.717, 1.165) is 28.2 Å². The van der Waals surface area contributed by atoms with Crippen molar-refractivity contribution in [3.63, 3.8) is 0 Å². The van der Waals surface area contributed by atoms with E-state index >= 15 is 0 Å². The summed E-state index contributed by atoms with van der Waals surface area (Å²) in [5.41, 5.74) is -0.603. The van der Waals surface area contributed by atoms with Crippen LogP contribution in [-0.4, -0.2) is 41.5 Å². The third-order valence-electron chi connectivity index (χ3n) is 2.80. The van der Waals surface area contributed by atoms with Gasteiger partial charge in [0, 0.05) is 5.75 Å². The van der Waals surface area contributed by atoms with E-state index in [1.165, 1.54) is 12.1 Å². The Hall–Kier alpha value is -1.63. The fourth-order valence-electron chi connectivity index (χ4n) is 1.81. The Kier molecular flexibility index (Phi) is 3.99. The molecule has 1 aromatic rings. The first-order valence-electron chi connectivity index (χ1n) is 5.40. The summed E-state index contributed by atoms with van der Waals surface area (Å²) in [5, 5.41) is 17.9. The number of carboxylic acids is 1. The van der Waals surface area contributed by atoms with Crippen LogP contribution in [0.5, 0.6) is 0 Å². The second-order valence-electron chi connectivity index (χ2n) is 3.97. The summed E-state index contributed by atoms with van der Waals surface area (Å²) in [6.07, 6.45) is 0. The van der Waals surface area contributed by atoms with Crippen LogP contribution >= 0.6 is 11.8 Å². The smallest absolute Gasteiger partial charge is 0.322 e. The van der Waals surface area contributed by atoms with E-state index < -0.39 is 38.3 Å². The molecule has 0 spiro atoms. The molecular weight excluding hydrogens is 307 g/mol. The fourth-order valence-corrected chi connectivity index (χ4v) is 5.10. The summed E-state index contributed by atoms with van der Waals surface area (Å²) in [7, 11) is -4.23. The minimum absolute atomic E-state index is 0.0410. The molecule has 1 saturated heterocycles. The number of hydrogen-bond acceptors (Lipinski definition) is 5. The summed E-state index contributed by atoms with van der Waals surface area (Å²) >= 11 is 1.15. The molecule has 20 heavy (non-hydrogen) atoms. The number of halogens is 1. The molecule has 0 radical (unpaired) electrons. The zero-order valence-corrected chi connectivity index (χ0v) is 11.6. The van der Waals surface area contributed by atoms with Gasteiger partial charge in [0.15, 0.2) is 0 Å². The molecule has 2 rings (SSSR count). The van der Waals surface area contributed by atoms with Crippen molar-refractivity contribution in [3.05, 3.63) is 29.6 Å². The number of hydrogen-bond donors (Lipinski definition) is 1. The topological polar surface area (TPSA) is 98.5 Å². The largest absolute Gasteiger partial charge is 0.480 e. The molecule has 0 unspecified atom stereocenters. The SMILES string of the molecule is N#Cc1c(F)cccc1S(=O)(=O)N1CSC[C@H]1C(=O)O. The van der Waals surface area contributed by atoms with E-state index in [4.69, 9.17) is 10.4 Å². The van der Waals surface area contributed by atoms with Crippen molar-refractivity contribution in [2.75, 3.05) is 11.6 Å². The number of carbonyl (C=O) groups is 1. The maximum absolute atomic E-state index is 13.5. The van der Waals surface area contributed by atoms with Crippen LogP contribution in [0.2, 0.25) is 0 Å². The Morgan fingerprint density at radius 1 is 1.55 bits per heavy atom. The Balaban J connectivity index is 2.54. The van der Waals surface area contributed by atoms with E-state index in [2.05, 4.69) is 0 Å². The number of benzene rings is 1. The minimum Gasteiger partial charge on any atom is -0.480 e. The molecule has 1 fully saturated rings. The lowest BCUT2D eigenvalue weighted by Gasteiger charge is -2.20. The van der Waals surface area contributed by atoms with Crippen molar-refractivity contribution in [3.8, 4) is 6.07 Å². The third-order valence-corrected chi connectivity index (χ3v) is 5.87. The number of carboxylic acid groups (broad SMARTS) is 1. The Morgan fingerprint density at radius 3 is 2.85 bits per heavy atom. The van der Waals surface area contributed by atoms with Crippen molar-refractivity contribution in [2.45, 2.75) is 10.9 Å². The van der Waals surface area contributed by atoms with Gasteiger partial charge >= 0.3 is 5.97 Å². The van der Waals surface area contributed by atoms with Crippen LogP contribution in [0, 0.1) is 17.1 Å². The molecule has 0 amide bonds. The Morgan fingerprint density at radius 2 is 2.25 bits per heavy atom. The number of thioether (sulfide) groups is 1. The number of rotatable bonds is 3. The summed E-state index contributed by atoms with van der Waals surface area (Å²) in [6.45, 7) is 0. The summed E-state index contributed by atoms with van der Waals surface area (Å²) < 4.78 is 39.1. The molecule has 106 valence electrons. The maximum Gasteiger partial charge on any atom is 0.322 e. The monoisotopic (exact) mass is 316 g/mol. The van der Waals surface area contributed by atoms with Gasteiger partial charge in [0.25, 0.3) is 0 Å². The quantitative estimate of drug-likeness (QED) is 0.887. The van der Waals surface area contributed by atoms with Crippen LogP contribution < -0.4 is 0 Å². The van der Waals surface area contributed by atoms with Gasteiger partial charge < -0.3 is 5.11 Å². The van der Waals surface area contributed by atoms with Crippen molar-refractivity contribution >= 4 is 27.8 Å². The van der Waals surface area contributed by atoms with Crippen LogP contribution in [0.25, 0.3) is 0 Å². The summed E-state index contributed by atoms with van der Waals surface area (Å²) in [6, 6.07) is 3.54. The minimum atomic E-state index is -4.23. The first kappa shape index (κ1) is 14.8. The highest BCUT2D eigenvalue weighted by Crippen LogP contribution is 2.30. The summed E-state index contributed by atoms with van der Waals surface area (Å²) in [4.78, 5) is 10.5. The zero-order chi connectivity index (χ0) is 14.9. The highest BCUT2D eigenvalue weighted by Gasteiger charge is 2.41. The van der Waals surface area contributed by atoms with E-state index in [1.54, 1.807) is 0 Å². The van der Waals surface area contributed by atoms with Crippen LogP contribution in [0.15, 0.2) is 23.1 Å². The van der Waals surface area contributed by atoms with Crippen molar-refractivity contribution in [1.82, 2.24) is 4.31 Å². The number of nitriles is 1. The van der Waals surface area contributed by atoms with Gasteiger partial charge in [0.05, 0.1) is 5.88 Å². The maximum atomic E-state index is 13.5. The van der Waals surface area contributed by atoms with E-state index in [9.17, 15) is 17.6 Å². The van der Waals surface area contributed by atoms with Gasteiger partial charge in [-0.1, -0.05) is 6.07 Å². The highest BCUT2D eigenvalue weighted by atomic mass is 32.2. The average Bonchev–Trinajstić information content (AvgIpc) is 2.88. The molecule has 1 aliphatic heterocycles. The van der Waals surface area contributed by atoms with Crippen LogP contribution in [0.3, 0.4) is 0 Å². The Labute approximate surface area is 118 Å². The average molecular weight is 316 g/mol. The lowest BCUT2D eigenvalue weighted by molar-refractivity contribution is -0.140. The molecule has 1 aromatic carbocycles. The second-order valence-corrected chi connectivity index (χ2v) is 6.83. The first-order valence-corrected chi connectivity index (χ1v) is 8.00. The van der Waals surface area contributed by atoms with Gasteiger partial charge in [-0.25, -0.2) is 12.8 Å². The molecule has 0 aliphatic carbocycles. The van der Waals surface area contributed by atoms with Gasteiger partial charge in [-0.05, 0) is 12.1 Å². The predicted molar refractivity (Wildman–Crippen MR) is 68.9 cm³/mol. The van der Waals surface area contributed by atoms with Crippen molar-refractivity contribution in [2.24, 2.45) is 0 Å². The van der Waals surface area contributed by atoms with E-state index in [-0.39, 0.29) is 11.6 Å². The van der Waals surface area contributed by atoms with Gasteiger partial charge in [-0.2, -0.15) is 9.57 Å². The normalized spacial score (nSPS) is 19.7. The predicted octanol–water partition coefficient (Wildman–Crippen LogP) is 0.846. The molecule has 0 aromatic heterocycles. The van der Waals surface area contributed by atoms with Crippen LogP contribution in [-0.2, 0) is 14.8 Å². The molecule has 1 aliphatic rings. The molecular formula is C11H9FN2O4S2. The standard InChI is InChI=1S/C11H9FN2O4S2/c12-8-2-1-3-10(7(8)4-13)20(17,18)14-6-19-5-9(14)11(15)16/h1-3,9H,5-6H2,(H,15,16)/t9-/m0/s1. The van der Waals surface area contributed by atoms with E-state index in [1.807, 2.05) is 0 Å². The zero-order valence-electron chi connectivity index (χ0n) is 9.98. The number of sulfonamides is 1. The molecule has 1 atom stereocenters.